The highest BCUT2D eigenvalue weighted by atomic mass is 16.5. The SMILES string of the molecule is C=CCCC(=O)NCCC(C)(CC)OCCC(C)(N)CC. The second kappa shape index (κ2) is 9.96. The van der Waals surface area contributed by atoms with E-state index in [2.05, 4.69) is 39.6 Å². The molecule has 0 aliphatic heterocycles. The fraction of sp³-hybridized carbons (Fsp3) is 0.824. The van der Waals surface area contributed by atoms with Crippen molar-refractivity contribution in [2.45, 2.75) is 77.4 Å². The number of nitrogens with two attached hydrogens (primary N) is 1. The summed E-state index contributed by atoms with van der Waals surface area (Å²) in [6, 6.07) is 0. The molecule has 2 atom stereocenters. The lowest BCUT2D eigenvalue weighted by Crippen LogP contribution is -2.39. The Morgan fingerprint density at radius 1 is 1.29 bits per heavy atom. The second-order valence-electron chi connectivity index (χ2n) is 6.34. The molecular formula is C17H34N2O2. The van der Waals surface area contributed by atoms with Crippen LogP contribution in [0.3, 0.4) is 0 Å². The smallest absolute Gasteiger partial charge is 0.220 e. The van der Waals surface area contributed by atoms with Crippen LogP contribution < -0.4 is 11.1 Å². The Kier molecular flexibility index (Phi) is 9.54. The maximum atomic E-state index is 11.5. The van der Waals surface area contributed by atoms with E-state index in [1.165, 1.54) is 0 Å². The third-order valence-corrected chi connectivity index (χ3v) is 4.23. The molecule has 0 aliphatic carbocycles. The van der Waals surface area contributed by atoms with Crippen molar-refractivity contribution in [1.82, 2.24) is 5.32 Å². The average molecular weight is 298 g/mol. The standard InChI is InChI=1S/C17H34N2O2/c1-6-9-10-15(20)19-13-11-17(5,8-3)21-14-12-16(4,18)7-2/h6H,1,7-14,18H2,2-5H3,(H,19,20). The monoisotopic (exact) mass is 298 g/mol. The molecule has 0 bridgehead atoms. The minimum Gasteiger partial charge on any atom is -0.375 e. The number of nitrogens with one attached hydrogen (secondary N) is 1. The third kappa shape index (κ3) is 9.64. The van der Waals surface area contributed by atoms with Crippen molar-refractivity contribution < 1.29 is 9.53 Å². The Morgan fingerprint density at radius 2 is 1.95 bits per heavy atom. The number of amides is 1. The van der Waals surface area contributed by atoms with Gasteiger partial charge in [0.05, 0.1) is 5.60 Å². The zero-order valence-electron chi connectivity index (χ0n) is 14.3. The fourth-order valence-electron chi connectivity index (χ4n) is 1.85. The van der Waals surface area contributed by atoms with Crippen LogP contribution in [0.15, 0.2) is 12.7 Å². The van der Waals surface area contributed by atoms with Crippen molar-refractivity contribution >= 4 is 5.91 Å². The van der Waals surface area contributed by atoms with E-state index >= 15 is 0 Å². The number of hydrogen-bond donors (Lipinski definition) is 2. The van der Waals surface area contributed by atoms with Gasteiger partial charge in [-0.2, -0.15) is 0 Å². The van der Waals surface area contributed by atoms with Gasteiger partial charge in [-0.05, 0) is 46.0 Å². The van der Waals surface area contributed by atoms with Crippen LogP contribution in [0.1, 0.15) is 66.2 Å². The summed E-state index contributed by atoms with van der Waals surface area (Å²) in [5, 5.41) is 2.93. The lowest BCUT2D eigenvalue weighted by Gasteiger charge is -2.31. The first-order chi connectivity index (χ1) is 9.78. The van der Waals surface area contributed by atoms with E-state index in [4.69, 9.17) is 10.5 Å². The summed E-state index contributed by atoms with van der Waals surface area (Å²) in [5.41, 5.74) is 5.77. The van der Waals surface area contributed by atoms with Gasteiger partial charge in [0.1, 0.15) is 0 Å². The molecule has 0 saturated carbocycles. The average Bonchev–Trinajstić information content (AvgIpc) is 2.45. The number of hydrogen-bond acceptors (Lipinski definition) is 3. The fourth-order valence-corrected chi connectivity index (χ4v) is 1.85. The van der Waals surface area contributed by atoms with Crippen LogP contribution in [0.2, 0.25) is 0 Å². The summed E-state index contributed by atoms with van der Waals surface area (Å²) in [7, 11) is 0. The highest BCUT2D eigenvalue weighted by Crippen LogP contribution is 2.21. The first-order valence-corrected chi connectivity index (χ1v) is 8.09. The van der Waals surface area contributed by atoms with Crippen LogP contribution in [0.5, 0.6) is 0 Å². The topological polar surface area (TPSA) is 64.3 Å². The first-order valence-electron chi connectivity index (χ1n) is 8.09. The maximum absolute atomic E-state index is 11.5. The number of rotatable bonds is 12. The quantitative estimate of drug-likeness (QED) is 0.544. The van der Waals surface area contributed by atoms with E-state index in [0.29, 0.717) is 19.6 Å². The zero-order chi connectivity index (χ0) is 16.4. The second-order valence-corrected chi connectivity index (χ2v) is 6.34. The minimum absolute atomic E-state index is 0.0777. The van der Waals surface area contributed by atoms with Crippen LogP contribution in [0.4, 0.5) is 0 Å². The molecule has 0 aromatic carbocycles. The zero-order valence-corrected chi connectivity index (χ0v) is 14.3. The van der Waals surface area contributed by atoms with E-state index in [9.17, 15) is 4.79 Å². The summed E-state index contributed by atoms with van der Waals surface area (Å²) in [6.07, 6.45) is 6.52. The molecular weight excluding hydrogens is 264 g/mol. The molecule has 4 nitrogen and oxygen atoms in total. The number of carbonyl (C=O) groups excluding carboxylic acids is 1. The van der Waals surface area contributed by atoms with Crippen molar-refractivity contribution in [3.63, 3.8) is 0 Å². The van der Waals surface area contributed by atoms with E-state index in [1.54, 1.807) is 6.08 Å². The minimum atomic E-state index is -0.199. The number of allylic oxidation sites excluding steroid dienone is 1. The van der Waals surface area contributed by atoms with Crippen molar-refractivity contribution in [2.24, 2.45) is 5.73 Å². The molecule has 4 heteroatoms. The highest BCUT2D eigenvalue weighted by molar-refractivity contribution is 5.75. The van der Waals surface area contributed by atoms with Gasteiger partial charge in [-0.25, -0.2) is 0 Å². The maximum Gasteiger partial charge on any atom is 0.220 e. The largest absolute Gasteiger partial charge is 0.375 e. The van der Waals surface area contributed by atoms with Crippen molar-refractivity contribution in [2.75, 3.05) is 13.2 Å². The third-order valence-electron chi connectivity index (χ3n) is 4.23. The molecule has 0 saturated heterocycles. The Bertz CT molecular complexity index is 316. The molecule has 0 rings (SSSR count). The van der Waals surface area contributed by atoms with Gasteiger partial charge in [-0.3, -0.25) is 4.79 Å². The van der Waals surface area contributed by atoms with Gasteiger partial charge in [0.25, 0.3) is 0 Å². The lowest BCUT2D eigenvalue weighted by atomic mass is 9.95. The van der Waals surface area contributed by atoms with Crippen molar-refractivity contribution in [1.29, 1.82) is 0 Å². The first kappa shape index (κ1) is 20.1. The van der Waals surface area contributed by atoms with Crippen LogP contribution in [0, 0.1) is 0 Å². The van der Waals surface area contributed by atoms with Gasteiger partial charge in [-0.1, -0.05) is 19.9 Å². The normalized spacial score (nSPS) is 16.8. The van der Waals surface area contributed by atoms with E-state index in [-0.39, 0.29) is 17.0 Å². The van der Waals surface area contributed by atoms with Gasteiger partial charge in [0.15, 0.2) is 0 Å². The van der Waals surface area contributed by atoms with E-state index in [1.807, 2.05) is 0 Å². The summed E-state index contributed by atoms with van der Waals surface area (Å²) < 4.78 is 6.03. The van der Waals surface area contributed by atoms with Crippen LogP contribution in [-0.4, -0.2) is 30.2 Å². The van der Waals surface area contributed by atoms with Gasteiger partial charge < -0.3 is 15.8 Å². The predicted molar refractivity (Wildman–Crippen MR) is 89.2 cm³/mol. The summed E-state index contributed by atoms with van der Waals surface area (Å²) >= 11 is 0. The molecule has 0 spiro atoms. The Labute approximate surface area is 130 Å². The molecule has 124 valence electrons. The van der Waals surface area contributed by atoms with Gasteiger partial charge in [0, 0.05) is 25.1 Å². The molecule has 0 aromatic heterocycles. The summed E-state index contributed by atoms with van der Waals surface area (Å²) in [4.78, 5) is 11.5. The Hall–Kier alpha value is -0.870. The van der Waals surface area contributed by atoms with Crippen molar-refractivity contribution in [3.05, 3.63) is 12.7 Å². The molecule has 3 N–H and O–H groups in total. The number of ether oxygens (including phenoxy) is 1. The molecule has 0 aliphatic rings. The van der Waals surface area contributed by atoms with Crippen LogP contribution in [-0.2, 0) is 9.53 Å². The molecule has 1 amide bonds. The Balaban J connectivity index is 4.05. The van der Waals surface area contributed by atoms with Crippen molar-refractivity contribution in [3.8, 4) is 0 Å². The van der Waals surface area contributed by atoms with Crippen LogP contribution >= 0.6 is 0 Å². The van der Waals surface area contributed by atoms with E-state index in [0.717, 1.165) is 32.1 Å². The van der Waals surface area contributed by atoms with E-state index < -0.39 is 0 Å². The Morgan fingerprint density at radius 3 is 2.48 bits per heavy atom. The summed E-state index contributed by atoms with van der Waals surface area (Å²) in [5.74, 6) is 0.0777. The molecule has 0 aromatic rings. The molecule has 2 unspecified atom stereocenters. The molecule has 0 radical (unpaired) electrons. The van der Waals surface area contributed by atoms with Gasteiger partial charge in [-0.15, -0.1) is 6.58 Å². The predicted octanol–water partition coefficient (Wildman–Crippen LogP) is 3.16. The van der Waals surface area contributed by atoms with Gasteiger partial charge in [0.2, 0.25) is 5.91 Å². The number of carbonyl (C=O) groups is 1. The summed E-state index contributed by atoms with van der Waals surface area (Å²) in [6.45, 7) is 13.3. The molecule has 0 fully saturated rings. The van der Waals surface area contributed by atoms with Gasteiger partial charge >= 0.3 is 0 Å². The lowest BCUT2D eigenvalue weighted by molar-refractivity contribution is -0.121. The highest BCUT2D eigenvalue weighted by Gasteiger charge is 2.24. The molecule has 21 heavy (non-hydrogen) atoms. The van der Waals surface area contributed by atoms with Crippen LogP contribution in [0.25, 0.3) is 0 Å². The molecule has 0 heterocycles.